The Morgan fingerprint density at radius 1 is 0.923 bits per heavy atom. The van der Waals surface area contributed by atoms with Crippen LogP contribution in [0.25, 0.3) is 0 Å². The minimum Gasteiger partial charge on any atom is -0.457 e. The predicted molar refractivity (Wildman–Crippen MR) is 94.1 cm³/mol. The van der Waals surface area contributed by atoms with Crippen LogP contribution in [0.3, 0.4) is 0 Å². The van der Waals surface area contributed by atoms with Gasteiger partial charge >= 0.3 is 0 Å². The first kappa shape index (κ1) is 17.5. The molecule has 6 heteroatoms. The molecule has 0 saturated heterocycles. The summed E-state index contributed by atoms with van der Waals surface area (Å²) in [7, 11) is 0. The second-order valence-corrected chi connectivity index (χ2v) is 5.61. The van der Waals surface area contributed by atoms with Gasteiger partial charge in [-0.05, 0) is 60.5 Å². The molecule has 0 aliphatic heterocycles. The number of aromatic nitrogens is 1. The fourth-order valence-electron chi connectivity index (χ4n) is 2.33. The fraction of sp³-hybridized carbons (Fsp3) is 0.100. The van der Waals surface area contributed by atoms with Crippen LogP contribution in [0.15, 0.2) is 67.0 Å². The lowest BCUT2D eigenvalue weighted by molar-refractivity contribution is -0.116. The second kappa shape index (κ2) is 8.20. The van der Waals surface area contributed by atoms with Crippen LogP contribution in [0.4, 0.5) is 14.5 Å². The van der Waals surface area contributed by atoms with Crippen LogP contribution in [0, 0.1) is 11.6 Å². The minimum absolute atomic E-state index is 0.167. The number of carbonyl (C=O) groups excluding carboxylic acids is 1. The molecule has 0 atom stereocenters. The molecular formula is C20H16F2N2O2. The van der Waals surface area contributed by atoms with Crippen molar-refractivity contribution in [2.75, 3.05) is 5.32 Å². The van der Waals surface area contributed by atoms with Gasteiger partial charge in [0.15, 0.2) is 11.6 Å². The van der Waals surface area contributed by atoms with Crippen LogP contribution >= 0.6 is 0 Å². The Balaban J connectivity index is 1.51. The maximum atomic E-state index is 13.2. The summed E-state index contributed by atoms with van der Waals surface area (Å²) < 4.78 is 31.7. The minimum atomic E-state index is -0.910. The lowest BCUT2D eigenvalue weighted by Crippen LogP contribution is -2.12. The van der Waals surface area contributed by atoms with E-state index in [1.807, 2.05) is 0 Å². The molecule has 0 aliphatic rings. The number of nitrogens with zero attached hydrogens (tertiary/aromatic N) is 1. The molecule has 0 aliphatic carbocycles. The molecule has 0 radical (unpaired) electrons. The van der Waals surface area contributed by atoms with E-state index in [1.165, 1.54) is 6.07 Å². The van der Waals surface area contributed by atoms with E-state index < -0.39 is 11.6 Å². The summed E-state index contributed by atoms with van der Waals surface area (Å²) in [5.41, 5.74) is 1.20. The normalized spacial score (nSPS) is 10.4. The Hall–Kier alpha value is -3.28. The van der Waals surface area contributed by atoms with Crippen molar-refractivity contribution in [3.63, 3.8) is 0 Å². The summed E-state index contributed by atoms with van der Waals surface area (Å²) in [6.45, 7) is 0. The van der Waals surface area contributed by atoms with Crippen LogP contribution in [-0.2, 0) is 11.2 Å². The van der Waals surface area contributed by atoms with Crippen LogP contribution in [-0.4, -0.2) is 10.9 Å². The molecule has 0 saturated carbocycles. The molecule has 3 rings (SSSR count). The number of amides is 1. The number of nitrogens with one attached hydrogen (secondary N) is 1. The van der Waals surface area contributed by atoms with Gasteiger partial charge in [-0.15, -0.1) is 0 Å². The van der Waals surface area contributed by atoms with Crippen molar-refractivity contribution in [3.8, 4) is 11.5 Å². The van der Waals surface area contributed by atoms with Crippen LogP contribution in [0.5, 0.6) is 11.5 Å². The van der Waals surface area contributed by atoms with Gasteiger partial charge in [0.25, 0.3) is 0 Å². The van der Waals surface area contributed by atoms with Gasteiger partial charge < -0.3 is 10.1 Å². The van der Waals surface area contributed by atoms with Crippen LogP contribution in [0.2, 0.25) is 0 Å². The molecule has 2 aromatic carbocycles. The number of pyridine rings is 1. The van der Waals surface area contributed by atoms with Gasteiger partial charge in [-0.3, -0.25) is 9.78 Å². The summed E-state index contributed by atoms with van der Waals surface area (Å²) in [6.07, 6.45) is 3.76. The first-order valence-corrected chi connectivity index (χ1v) is 8.02. The highest BCUT2D eigenvalue weighted by atomic mass is 19.2. The van der Waals surface area contributed by atoms with Crippen molar-refractivity contribution < 1.29 is 18.3 Å². The third-order valence-corrected chi connectivity index (χ3v) is 3.65. The largest absolute Gasteiger partial charge is 0.457 e. The number of halogens is 2. The number of carbonyl (C=O) groups is 1. The van der Waals surface area contributed by atoms with Crippen LogP contribution < -0.4 is 10.1 Å². The Labute approximate surface area is 149 Å². The lowest BCUT2D eigenvalue weighted by Gasteiger charge is -2.08. The molecule has 0 fully saturated rings. The average molecular weight is 354 g/mol. The average Bonchev–Trinajstić information content (AvgIpc) is 2.65. The first-order chi connectivity index (χ1) is 12.6. The Morgan fingerprint density at radius 3 is 2.31 bits per heavy atom. The van der Waals surface area contributed by atoms with Gasteiger partial charge in [0.1, 0.15) is 11.5 Å². The molecule has 4 nitrogen and oxygen atoms in total. The number of anilines is 1. The van der Waals surface area contributed by atoms with Crippen molar-refractivity contribution >= 4 is 11.6 Å². The molecule has 3 aromatic rings. The highest BCUT2D eigenvalue weighted by molar-refractivity contribution is 5.90. The Kier molecular flexibility index (Phi) is 5.53. The topological polar surface area (TPSA) is 51.2 Å². The molecule has 0 unspecified atom stereocenters. The molecule has 132 valence electrons. The van der Waals surface area contributed by atoms with Gasteiger partial charge in [-0.1, -0.05) is 6.07 Å². The van der Waals surface area contributed by atoms with Crippen molar-refractivity contribution in [1.29, 1.82) is 0 Å². The fourth-order valence-corrected chi connectivity index (χ4v) is 2.33. The van der Waals surface area contributed by atoms with Crippen molar-refractivity contribution in [2.45, 2.75) is 12.8 Å². The number of rotatable bonds is 6. The summed E-state index contributed by atoms with van der Waals surface area (Å²) in [5, 5.41) is 2.76. The van der Waals surface area contributed by atoms with Crippen molar-refractivity contribution in [3.05, 3.63) is 84.2 Å². The van der Waals surface area contributed by atoms with E-state index in [9.17, 15) is 13.6 Å². The lowest BCUT2D eigenvalue weighted by atomic mass is 10.1. The van der Waals surface area contributed by atoms with Gasteiger partial charge in [0, 0.05) is 24.5 Å². The third kappa shape index (κ3) is 4.86. The number of hydrogen-bond acceptors (Lipinski definition) is 3. The Bertz CT molecular complexity index is 884. The maximum Gasteiger partial charge on any atom is 0.224 e. The number of benzene rings is 2. The standard InChI is InChI=1S/C20H16F2N2O2/c21-18-7-1-14(13-19(18)22)2-8-20(25)24-15-3-5-16(6-4-15)26-17-9-11-23-12-10-17/h1,3-7,9-13H,2,8H2,(H,24,25). The van der Waals surface area contributed by atoms with E-state index in [0.29, 0.717) is 29.2 Å². The number of aryl methyl sites for hydroxylation is 1. The van der Waals surface area contributed by atoms with E-state index in [0.717, 1.165) is 12.1 Å². The van der Waals surface area contributed by atoms with Crippen molar-refractivity contribution in [1.82, 2.24) is 4.98 Å². The monoisotopic (exact) mass is 354 g/mol. The van der Waals surface area contributed by atoms with E-state index in [1.54, 1.807) is 48.8 Å². The van der Waals surface area contributed by atoms with Crippen molar-refractivity contribution in [2.24, 2.45) is 0 Å². The molecule has 1 aromatic heterocycles. The van der Waals surface area contributed by atoms with Gasteiger partial charge in [0.2, 0.25) is 5.91 Å². The quantitative estimate of drug-likeness (QED) is 0.697. The van der Waals surface area contributed by atoms with E-state index in [-0.39, 0.29) is 12.3 Å². The third-order valence-electron chi connectivity index (χ3n) is 3.65. The SMILES string of the molecule is O=C(CCc1ccc(F)c(F)c1)Nc1ccc(Oc2ccncc2)cc1. The van der Waals surface area contributed by atoms with E-state index >= 15 is 0 Å². The summed E-state index contributed by atoms with van der Waals surface area (Å²) in [4.78, 5) is 15.9. The first-order valence-electron chi connectivity index (χ1n) is 8.02. The second-order valence-electron chi connectivity index (χ2n) is 5.61. The zero-order chi connectivity index (χ0) is 18.4. The number of hydrogen-bond donors (Lipinski definition) is 1. The Morgan fingerprint density at radius 2 is 1.62 bits per heavy atom. The molecule has 1 heterocycles. The van der Waals surface area contributed by atoms with Gasteiger partial charge in [-0.2, -0.15) is 0 Å². The molecule has 1 N–H and O–H groups in total. The zero-order valence-electron chi connectivity index (χ0n) is 13.8. The maximum absolute atomic E-state index is 13.2. The summed E-state index contributed by atoms with van der Waals surface area (Å²) in [6, 6.07) is 14.1. The van der Waals surface area contributed by atoms with E-state index in [4.69, 9.17) is 4.74 Å². The predicted octanol–water partition coefficient (Wildman–Crippen LogP) is 4.72. The van der Waals surface area contributed by atoms with E-state index in [2.05, 4.69) is 10.3 Å². The van der Waals surface area contributed by atoms with Gasteiger partial charge in [0.05, 0.1) is 0 Å². The highest BCUT2D eigenvalue weighted by Crippen LogP contribution is 2.22. The highest BCUT2D eigenvalue weighted by Gasteiger charge is 2.07. The molecule has 1 amide bonds. The molecule has 0 bridgehead atoms. The molecule has 0 spiro atoms. The summed E-state index contributed by atoms with van der Waals surface area (Å²) in [5.74, 6) is -0.711. The zero-order valence-corrected chi connectivity index (χ0v) is 13.8. The molecular weight excluding hydrogens is 338 g/mol. The molecule has 26 heavy (non-hydrogen) atoms. The van der Waals surface area contributed by atoms with Crippen LogP contribution in [0.1, 0.15) is 12.0 Å². The van der Waals surface area contributed by atoms with Gasteiger partial charge in [-0.25, -0.2) is 8.78 Å². The summed E-state index contributed by atoms with van der Waals surface area (Å²) >= 11 is 0. The number of ether oxygens (including phenoxy) is 1. The smallest absolute Gasteiger partial charge is 0.224 e.